The number of nitrogens with zero attached hydrogens (tertiary/aromatic N) is 1. The zero-order valence-corrected chi connectivity index (χ0v) is 10.1. The number of phenolic OH excluding ortho intramolecular Hbond substituents is 1. The average Bonchev–Trinajstić information content (AvgIpc) is 2.77. The lowest BCUT2D eigenvalue weighted by atomic mass is 9.97. The predicted octanol–water partition coefficient (Wildman–Crippen LogP) is 1.47. The van der Waals surface area contributed by atoms with E-state index in [9.17, 15) is 9.90 Å². The van der Waals surface area contributed by atoms with Gasteiger partial charge in [-0.1, -0.05) is 6.07 Å². The molecule has 5 heteroatoms. The van der Waals surface area contributed by atoms with Crippen LogP contribution in [0.15, 0.2) is 24.3 Å². The largest absolute Gasteiger partial charge is 0.508 e. The molecular weight excluding hydrogens is 232 g/mol. The molecule has 2 fully saturated rings. The van der Waals surface area contributed by atoms with Gasteiger partial charge in [0.1, 0.15) is 11.4 Å². The highest BCUT2D eigenvalue weighted by Crippen LogP contribution is 2.32. The second-order valence-corrected chi connectivity index (χ2v) is 4.90. The minimum atomic E-state index is -0.324. The van der Waals surface area contributed by atoms with Crippen LogP contribution in [0.5, 0.6) is 5.75 Å². The maximum Gasteiger partial charge on any atom is 0.414 e. The number of aromatic hydroxyl groups is 1. The summed E-state index contributed by atoms with van der Waals surface area (Å²) in [6.07, 6.45) is 1.38. The normalized spacial score (nSPS) is 27.6. The monoisotopic (exact) mass is 248 g/mol. The summed E-state index contributed by atoms with van der Waals surface area (Å²) in [6.45, 7) is 2.27. The summed E-state index contributed by atoms with van der Waals surface area (Å²) in [5, 5.41) is 12.7. The van der Waals surface area contributed by atoms with Crippen LogP contribution in [0, 0.1) is 0 Å². The molecule has 0 radical (unpaired) electrons. The first kappa shape index (κ1) is 11.3. The van der Waals surface area contributed by atoms with Gasteiger partial charge in [0.05, 0.1) is 5.69 Å². The van der Waals surface area contributed by atoms with Crippen LogP contribution in [-0.4, -0.2) is 36.4 Å². The Hall–Kier alpha value is -1.75. The summed E-state index contributed by atoms with van der Waals surface area (Å²) >= 11 is 0. The number of ether oxygens (including phenoxy) is 1. The number of amides is 1. The van der Waals surface area contributed by atoms with Crippen LogP contribution < -0.4 is 10.2 Å². The summed E-state index contributed by atoms with van der Waals surface area (Å²) in [4.78, 5) is 13.6. The van der Waals surface area contributed by atoms with Gasteiger partial charge in [-0.3, -0.25) is 4.90 Å². The second-order valence-electron chi connectivity index (χ2n) is 4.90. The van der Waals surface area contributed by atoms with Crippen molar-refractivity contribution >= 4 is 11.8 Å². The predicted molar refractivity (Wildman–Crippen MR) is 66.8 cm³/mol. The first-order valence-electron chi connectivity index (χ1n) is 6.19. The smallest absolute Gasteiger partial charge is 0.414 e. The summed E-state index contributed by atoms with van der Waals surface area (Å²) < 4.78 is 5.58. The Morgan fingerprint density at radius 2 is 2.28 bits per heavy atom. The van der Waals surface area contributed by atoms with E-state index in [1.54, 1.807) is 29.2 Å². The van der Waals surface area contributed by atoms with E-state index >= 15 is 0 Å². The number of hydrogen-bond donors (Lipinski definition) is 2. The molecule has 0 aromatic heterocycles. The van der Waals surface area contributed by atoms with E-state index in [0.717, 1.165) is 25.9 Å². The minimum absolute atomic E-state index is 0.156. The molecule has 96 valence electrons. The van der Waals surface area contributed by atoms with Crippen molar-refractivity contribution in [2.75, 3.05) is 24.5 Å². The van der Waals surface area contributed by atoms with Crippen molar-refractivity contribution in [1.29, 1.82) is 0 Å². The molecular formula is C13H16N2O3. The van der Waals surface area contributed by atoms with E-state index in [1.807, 2.05) is 0 Å². The molecule has 2 heterocycles. The van der Waals surface area contributed by atoms with E-state index in [-0.39, 0.29) is 17.4 Å². The summed E-state index contributed by atoms with van der Waals surface area (Å²) in [7, 11) is 0. The lowest BCUT2D eigenvalue weighted by molar-refractivity contribution is 0.0105. The fourth-order valence-electron chi connectivity index (χ4n) is 2.61. The third-order valence-corrected chi connectivity index (χ3v) is 3.66. The first-order chi connectivity index (χ1) is 8.69. The number of hydrogen-bond acceptors (Lipinski definition) is 4. The van der Waals surface area contributed by atoms with Gasteiger partial charge in [-0.05, 0) is 18.7 Å². The maximum absolute atomic E-state index is 12.1. The Bertz CT molecular complexity index is 469. The number of benzene rings is 1. The molecule has 2 aliphatic rings. The van der Waals surface area contributed by atoms with Crippen molar-refractivity contribution in [2.24, 2.45) is 0 Å². The van der Waals surface area contributed by atoms with Gasteiger partial charge in [-0.25, -0.2) is 4.79 Å². The van der Waals surface area contributed by atoms with Gasteiger partial charge >= 0.3 is 6.09 Å². The lowest BCUT2D eigenvalue weighted by Gasteiger charge is -2.38. The molecule has 2 saturated heterocycles. The highest BCUT2D eigenvalue weighted by Gasteiger charge is 2.43. The lowest BCUT2D eigenvalue weighted by Crippen LogP contribution is -2.50. The van der Waals surface area contributed by atoms with Gasteiger partial charge in [0.25, 0.3) is 0 Å². The summed E-state index contributed by atoms with van der Waals surface area (Å²) in [6, 6.07) is 6.68. The number of carbonyl (C=O) groups is 1. The number of rotatable bonds is 1. The van der Waals surface area contributed by atoms with Crippen LogP contribution in [0.2, 0.25) is 0 Å². The summed E-state index contributed by atoms with van der Waals surface area (Å²) in [5.74, 6) is 0.156. The Labute approximate surface area is 105 Å². The quantitative estimate of drug-likeness (QED) is 0.790. The molecule has 1 amide bonds. The Kier molecular flexibility index (Phi) is 2.63. The van der Waals surface area contributed by atoms with Gasteiger partial charge in [0, 0.05) is 32.0 Å². The highest BCUT2D eigenvalue weighted by molar-refractivity contribution is 5.89. The van der Waals surface area contributed by atoms with Crippen LogP contribution in [-0.2, 0) is 4.74 Å². The maximum atomic E-state index is 12.1. The van der Waals surface area contributed by atoms with Gasteiger partial charge < -0.3 is 15.2 Å². The van der Waals surface area contributed by atoms with Crippen molar-refractivity contribution in [2.45, 2.75) is 18.4 Å². The molecule has 0 aliphatic carbocycles. The molecule has 1 atom stereocenters. The van der Waals surface area contributed by atoms with E-state index < -0.39 is 0 Å². The SMILES string of the molecule is O=C1OC2(CCNC2)CCN1c1cccc(O)c1. The number of carbonyl (C=O) groups excluding carboxylic acids is 1. The van der Waals surface area contributed by atoms with E-state index in [0.29, 0.717) is 12.2 Å². The topological polar surface area (TPSA) is 61.8 Å². The molecule has 1 unspecified atom stereocenters. The van der Waals surface area contributed by atoms with Crippen molar-refractivity contribution < 1.29 is 14.6 Å². The molecule has 3 rings (SSSR count). The van der Waals surface area contributed by atoms with Gasteiger partial charge in [0.2, 0.25) is 0 Å². The van der Waals surface area contributed by atoms with Crippen LogP contribution in [0.3, 0.4) is 0 Å². The third kappa shape index (κ3) is 1.90. The molecule has 1 aromatic rings. The van der Waals surface area contributed by atoms with Crippen LogP contribution in [0.25, 0.3) is 0 Å². The van der Waals surface area contributed by atoms with Crippen molar-refractivity contribution in [3.8, 4) is 5.75 Å². The van der Waals surface area contributed by atoms with Gasteiger partial charge in [0.15, 0.2) is 0 Å². The van der Waals surface area contributed by atoms with Crippen molar-refractivity contribution in [3.63, 3.8) is 0 Å². The molecule has 0 bridgehead atoms. The van der Waals surface area contributed by atoms with E-state index in [1.165, 1.54) is 0 Å². The number of nitrogens with one attached hydrogen (secondary N) is 1. The van der Waals surface area contributed by atoms with Crippen molar-refractivity contribution in [1.82, 2.24) is 5.32 Å². The minimum Gasteiger partial charge on any atom is -0.508 e. The summed E-state index contributed by atoms with van der Waals surface area (Å²) in [5.41, 5.74) is 0.366. The molecule has 5 nitrogen and oxygen atoms in total. The Morgan fingerprint density at radius 3 is 2.94 bits per heavy atom. The van der Waals surface area contributed by atoms with Crippen LogP contribution >= 0.6 is 0 Å². The molecule has 0 saturated carbocycles. The fraction of sp³-hybridized carbons (Fsp3) is 0.462. The highest BCUT2D eigenvalue weighted by atomic mass is 16.6. The number of phenols is 1. The number of anilines is 1. The van der Waals surface area contributed by atoms with Crippen LogP contribution in [0.1, 0.15) is 12.8 Å². The molecule has 2 aliphatic heterocycles. The zero-order valence-electron chi connectivity index (χ0n) is 10.1. The third-order valence-electron chi connectivity index (χ3n) is 3.66. The molecule has 18 heavy (non-hydrogen) atoms. The van der Waals surface area contributed by atoms with E-state index in [2.05, 4.69) is 5.32 Å². The van der Waals surface area contributed by atoms with Gasteiger partial charge in [-0.15, -0.1) is 0 Å². The zero-order chi connectivity index (χ0) is 12.6. The Balaban J connectivity index is 1.78. The average molecular weight is 248 g/mol. The standard InChI is InChI=1S/C13H16N2O3/c16-11-3-1-2-10(8-11)15-7-5-13(18-12(15)17)4-6-14-9-13/h1-3,8,14,16H,4-7,9H2. The van der Waals surface area contributed by atoms with Crippen molar-refractivity contribution in [3.05, 3.63) is 24.3 Å². The second kappa shape index (κ2) is 4.17. The molecule has 1 aromatic carbocycles. The Morgan fingerprint density at radius 1 is 1.39 bits per heavy atom. The molecule has 2 N–H and O–H groups in total. The molecule has 1 spiro atoms. The van der Waals surface area contributed by atoms with E-state index in [4.69, 9.17) is 4.74 Å². The fourth-order valence-corrected chi connectivity index (χ4v) is 2.61. The first-order valence-corrected chi connectivity index (χ1v) is 6.19. The van der Waals surface area contributed by atoms with Crippen LogP contribution in [0.4, 0.5) is 10.5 Å². The van der Waals surface area contributed by atoms with Gasteiger partial charge in [-0.2, -0.15) is 0 Å².